The van der Waals surface area contributed by atoms with Gasteiger partial charge in [-0.1, -0.05) is 28.1 Å². The second kappa shape index (κ2) is 6.26. The molecule has 0 aliphatic carbocycles. The Balaban J connectivity index is 2.05. The molecule has 0 aromatic heterocycles. The molecular weight excluding hydrogens is 306 g/mol. The number of hydrogen-bond acceptors (Lipinski definition) is 3. The quantitative estimate of drug-likeness (QED) is 0.858. The van der Waals surface area contributed by atoms with E-state index >= 15 is 0 Å². The molecular formula is C15H12BrNO2. The van der Waals surface area contributed by atoms with Crippen molar-refractivity contribution in [1.29, 1.82) is 5.26 Å². The molecule has 0 radical (unpaired) electrons. The van der Waals surface area contributed by atoms with Gasteiger partial charge in [0.25, 0.3) is 0 Å². The first-order chi connectivity index (χ1) is 9.21. The molecule has 96 valence electrons. The van der Waals surface area contributed by atoms with Gasteiger partial charge in [0.05, 0.1) is 18.7 Å². The lowest BCUT2D eigenvalue weighted by Crippen LogP contribution is -1.96. The molecule has 0 amide bonds. The molecule has 0 atom stereocenters. The minimum absolute atomic E-state index is 0.450. The van der Waals surface area contributed by atoms with E-state index in [0.29, 0.717) is 17.9 Å². The van der Waals surface area contributed by atoms with Gasteiger partial charge in [0.1, 0.15) is 18.1 Å². The largest absolute Gasteiger partial charge is 0.497 e. The molecule has 0 N–H and O–H groups in total. The SMILES string of the molecule is COc1ccc(COc2cc(Br)cc(C#N)c2)cc1. The zero-order valence-corrected chi connectivity index (χ0v) is 12.0. The first kappa shape index (κ1) is 13.4. The number of halogens is 1. The van der Waals surface area contributed by atoms with Crippen molar-refractivity contribution < 1.29 is 9.47 Å². The van der Waals surface area contributed by atoms with Crippen LogP contribution in [0, 0.1) is 11.3 Å². The summed E-state index contributed by atoms with van der Waals surface area (Å²) in [7, 11) is 1.64. The van der Waals surface area contributed by atoms with Crippen molar-refractivity contribution in [3.8, 4) is 17.6 Å². The molecule has 0 saturated carbocycles. The van der Waals surface area contributed by atoms with Crippen LogP contribution < -0.4 is 9.47 Å². The van der Waals surface area contributed by atoms with E-state index in [4.69, 9.17) is 14.7 Å². The minimum atomic E-state index is 0.450. The fraction of sp³-hybridized carbons (Fsp3) is 0.133. The number of nitrogens with zero attached hydrogens (tertiary/aromatic N) is 1. The predicted octanol–water partition coefficient (Wildman–Crippen LogP) is 3.91. The van der Waals surface area contributed by atoms with Crippen LogP contribution in [-0.4, -0.2) is 7.11 Å². The lowest BCUT2D eigenvalue weighted by molar-refractivity contribution is 0.305. The van der Waals surface area contributed by atoms with Crippen molar-refractivity contribution in [3.63, 3.8) is 0 Å². The van der Waals surface area contributed by atoms with E-state index < -0.39 is 0 Å². The van der Waals surface area contributed by atoms with Gasteiger partial charge in [0.15, 0.2) is 0 Å². The lowest BCUT2D eigenvalue weighted by Gasteiger charge is -2.08. The summed E-state index contributed by atoms with van der Waals surface area (Å²) in [5.74, 6) is 1.49. The fourth-order valence-electron chi connectivity index (χ4n) is 1.60. The summed E-state index contributed by atoms with van der Waals surface area (Å²) in [6, 6.07) is 15.1. The summed E-state index contributed by atoms with van der Waals surface area (Å²) in [6.45, 7) is 0.450. The molecule has 3 nitrogen and oxygen atoms in total. The van der Waals surface area contributed by atoms with Crippen molar-refractivity contribution in [3.05, 3.63) is 58.1 Å². The van der Waals surface area contributed by atoms with Crippen molar-refractivity contribution >= 4 is 15.9 Å². The van der Waals surface area contributed by atoms with Crippen LogP contribution in [0.25, 0.3) is 0 Å². The molecule has 0 bridgehead atoms. The second-order valence-electron chi connectivity index (χ2n) is 3.92. The third kappa shape index (κ3) is 3.73. The molecule has 0 saturated heterocycles. The second-order valence-corrected chi connectivity index (χ2v) is 4.84. The maximum atomic E-state index is 8.89. The van der Waals surface area contributed by atoms with Gasteiger partial charge in [-0.2, -0.15) is 5.26 Å². The first-order valence-corrected chi connectivity index (χ1v) is 6.47. The summed E-state index contributed by atoms with van der Waals surface area (Å²) in [6.07, 6.45) is 0. The number of ether oxygens (including phenoxy) is 2. The topological polar surface area (TPSA) is 42.2 Å². The highest BCUT2D eigenvalue weighted by molar-refractivity contribution is 9.10. The number of benzene rings is 2. The predicted molar refractivity (Wildman–Crippen MR) is 76.2 cm³/mol. The van der Waals surface area contributed by atoms with Crippen molar-refractivity contribution in [2.75, 3.05) is 7.11 Å². The monoisotopic (exact) mass is 317 g/mol. The number of methoxy groups -OCH3 is 1. The minimum Gasteiger partial charge on any atom is -0.497 e. The molecule has 2 aromatic rings. The van der Waals surface area contributed by atoms with E-state index in [1.807, 2.05) is 30.3 Å². The van der Waals surface area contributed by atoms with E-state index in [9.17, 15) is 0 Å². The molecule has 0 spiro atoms. The van der Waals surface area contributed by atoms with Gasteiger partial charge < -0.3 is 9.47 Å². The third-order valence-electron chi connectivity index (χ3n) is 2.56. The third-order valence-corrected chi connectivity index (χ3v) is 3.02. The van der Waals surface area contributed by atoms with Crippen LogP contribution in [-0.2, 0) is 6.61 Å². The van der Waals surface area contributed by atoms with E-state index in [0.717, 1.165) is 15.8 Å². The molecule has 2 aromatic carbocycles. The van der Waals surface area contributed by atoms with E-state index in [-0.39, 0.29) is 0 Å². The van der Waals surface area contributed by atoms with Crippen LogP contribution in [0.4, 0.5) is 0 Å². The number of nitriles is 1. The Kier molecular flexibility index (Phi) is 4.43. The Labute approximate surface area is 120 Å². The van der Waals surface area contributed by atoms with Crippen LogP contribution in [0.3, 0.4) is 0 Å². The van der Waals surface area contributed by atoms with Gasteiger partial charge in [0, 0.05) is 4.47 Å². The van der Waals surface area contributed by atoms with Crippen molar-refractivity contribution in [1.82, 2.24) is 0 Å². The highest BCUT2D eigenvalue weighted by atomic mass is 79.9. The smallest absolute Gasteiger partial charge is 0.122 e. The number of hydrogen-bond donors (Lipinski definition) is 0. The Morgan fingerprint density at radius 1 is 1.11 bits per heavy atom. The van der Waals surface area contributed by atoms with Crippen molar-refractivity contribution in [2.45, 2.75) is 6.61 Å². The summed E-state index contributed by atoms with van der Waals surface area (Å²) >= 11 is 3.35. The lowest BCUT2D eigenvalue weighted by atomic mass is 10.2. The summed E-state index contributed by atoms with van der Waals surface area (Å²) in [5, 5.41) is 8.89. The van der Waals surface area contributed by atoms with E-state index in [1.165, 1.54) is 0 Å². The van der Waals surface area contributed by atoms with Gasteiger partial charge >= 0.3 is 0 Å². The van der Waals surface area contributed by atoms with E-state index in [1.54, 1.807) is 19.2 Å². The Morgan fingerprint density at radius 3 is 2.47 bits per heavy atom. The summed E-state index contributed by atoms with van der Waals surface area (Å²) < 4.78 is 11.6. The normalized spacial score (nSPS) is 9.74. The number of rotatable bonds is 4. The maximum absolute atomic E-state index is 8.89. The van der Waals surface area contributed by atoms with E-state index in [2.05, 4.69) is 22.0 Å². The first-order valence-electron chi connectivity index (χ1n) is 5.67. The van der Waals surface area contributed by atoms with Gasteiger partial charge in [-0.05, 0) is 35.9 Å². The highest BCUT2D eigenvalue weighted by Crippen LogP contribution is 2.22. The van der Waals surface area contributed by atoms with Gasteiger partial charge in [0.2, 0.25) is 0 Å². The average Bonchev–Trinajstić information content (AvgIpc) is 2.45. The fourth-order valence-corrected chi connectivity index (χ4v) is 2.07. The molecule has 0 aliphatic rings. The average molecular weight is 318 g/mol. The molecule has 4 heteroatoms. The molecule has 2 rings (SSSR count). The Hall–Kier alpha value is -1.99. The summed E-state index contributed by atoms with van der Waals surface area (Å²) in [5.41, 5.74) is 1.61. The summed E-state index contributed by atoms with van der Waals surface area (Å²) in [4.78, 5) is 0. The molecule has 19 heavy (non-hydrogen) atoms. The van der Waals surface area contributed by atoms with Gasteiger partial charge in [-0.15, -0.1) is 0 Å². The zero-order chi connectivity index (χ0) is 13.7. The van der Waals surface area contributed by atoms with Crippen LogP contribution in [0.1, 0.15) is 11.1 Å². The van der Waals surface area contributed by atoms with Crippen LogP contribution >= 0.6 is 15.9 Å². The Morgan fingerprint density at radius 2 is 1.84 bits per heavy atom. The molecule has 0 heterocycles. The van der Waals surface area contributed by atoms with Crippen LogP contribution in [0.15, 0.2) is 46.9 Å². The molecule has 0 aliphatic heterocycles. The molecule has 0 fully saturated rings. The van der Waals surface area contributed by atoms with Crippen LogP contribution in [0.5, 0.6) is 11.5 Å². The highest BCUT2D eigenvalue weighted by Gasteiger charge is 2.01. The van der Waals surface area contributed by atoms with Crippen molar-refractivity contribution in [2.24, 2.45) is 0 Å². The zero-order valence-electron chi connectivity index (χ0n) is 10.4. The van der Waals surface area contributed by atoms with Gasteiger partial charge in [-0.3, -0.25) is 0 Å². The maximum Gasteiger partial charge on any atom is 0.122 e. The standard InChI is InChI=1S/C15H12BrNO2/c1-18-14-4-2-11(3-5-14)10-19-15-7-12(9-17)6-13(16)8-15/h2-8H,10H2,1H3. The van der Waals surface area contributed by atoms with Crippen LogP contribution in [0.2, 0.25) is 0 Å². The Bertz CT molecular complexity index is 603. The molecule has 0 unspecified atom stereocenters. The van der Waals surface area contributed by atoms with Gasteiger partial charge in [-0.25, -0.2) is 0 Å².